The van der Waals surface area contributed by atoms with Gasteiger partial charge in [-0.05, 0) is 44.2 Å². The summed E-state index contributed by atoms with van der Waals surface area (Å²) in [5.41, 5.74) is 0.715. The summed E-state index contributed by atoms with van der Waals surface area (Å²) in [6.07, 6.45) is 3.89. The van der Waals surface area contributed by atoms with Crippen LogP contribution in [0.2, 0.25) is 0 Å². The molecule has 4 nitrogen and oxygen atoms in total. The van der Waals surface area contributed by atoms with E-state index in [2.05, 4.69) is 11.9 Å². The van der Waals surface area contributed by atoms with Crippen LogP contribution in [-0.2, 0) is 0 Å². The standard InChI is InChI=1S/C16H22N2O2/c1-3-11-20-15-8-6-13(7-9-15)16(19)18-10-4-5-14(12-18)17-2/h3,6-9,14,17H,1,4-5,10-12H2,2H3. The summed E-state index contributed by atoms with van der Waals surface area (Å²) < 4.78 is 5.42. The molecule has 1 fully saturated rings. The predicted molar refractivity (Wildman–Crippen MR) is 80.1 cm³/mol. The topological polar surface area (TPSA) is 41.6 Å². The first-order valence-electron chi connectivity index (χ1n) is 7.05. The molecule has 1 amide bonds. The second-order valence-electron chi connectivity index (χ2n) is 5.00. The van der Waals surface area contributed by atoms with Crippen molar-refractivity contribution in [2.24, 2.45) is 0 Å². The van der Waals surface area contributed by atoms with E-state index in [0.717, 1.165) is 31.7 Å². The van der Waals surface area contributed by atoms with Gasteiger partial charge >= 0.3 is 0 Å². The van der Waals surface area contributed by atoms with Crippen LogP contribution in [0.25, 0.3) is 0 Å². The molecule has 0 saturated carbocycles. The maximum Gasteiger partial charge on any atom is 0.253 e. The monoisotopic (exact) mass is 274 g/mol. The highest BCUT2D eigenvalue weighted by atomic mass is 16.5. The number of hydrogen-bond acceptors (Lipinski definition) is 3. The molecule has 0 radical (unpaired) electrons. The van der Waals surface area contributed by atoms with Crippen LogP contribution in [-0.4, -0.2) is 43.6 Å². The van der Waals surface area contributed by atoms with Gasteiger partial charge in [0.25, 0.3) is 5.91 Å². The van der Waals surface area contributed by atoms with E-state index < -0.39 is 0 Å². The van der Waals surface area contributed by atoms with Gasteiger partial charge < -0.3 is 15.0 Å². The number of likely N-dealkylation sites (tertiary alicyclic amines) is 1. The zero-order chi connectivity index (χ0) is 14.4. The number of nitrogens with one attached hydrogen (secondary N) is 1. The molecule has 1 atom stereocenters. The first-order chi connectivity index (χ1) is 9.74. The second-order valence-corrected chi connectivity index (χ2v) is 5.00. The lowest BCUT2D eigenvalue weighted by molar-refractivity contribution is 0.0698. The number of rotatable bonds is 5. The van der Waals surface area contributed by atoms with Crippen molar-refractivity contribution < 1.29 is 9.53 Å². The van der Waals surface area contributed by atoms with Crippen LogP contribution in [0.3, 0.4) is 0 Å². The molecule has 0 bridgehead atoms. The molecule has 1 aromatic rings. The molecule has 1 N–H and O–H groups in total. The summed E-state index contributed by atoms with van der Waals surface area (Å²) >= 11 is 0. The Balaban J connectivity index is 1.99. The smallest absolute Gasteiger partial charge is 0.253 e. The molecular weight excluding hydrogens is 252 g/mol. The number of nitrogens with zero attached hydrogens (tertiary/aromatic N) is 1. The van der Waals surface area contributed by atoms with Gasteiger partial charge in [-0.2, -0.15) is 0 Å². The first-order valence-corrected chi connectivity index (χ1v) is 7.05. The quantitative estimate of drug-likeness (QED) is 0.836. The van der Waals surface area contributed by atoms with E-state index in [1.807, 2.05) is 36.2 Å². The Morgan fingerprint density at radius 3 is 2.90 bits per heavy atom. The molecule has 4 heteroatoms. The Bertz CT molecular complexity index is 456. The van der Waals surface area contributed by atoms with Gasteiger partial charge in [-0.3, -0.25) is 4.79 Å². The lowest BCUT2D eigenvalue weighted by atomic mass is 10.0. The van der Waals surface area contributed by atoms with Crippen LogP contribution >= 0.6 is 0 Å². The van der Waals surface area contributed by atoms with Gasteiger partial charge in [0.2, 0.25) is 0 Å². The molecule has 1 aromatic carbocycles. The molecule has 20 heavy (non-hydrogen) atoms. The van der Waals surface area contributed by atoms with Gasteiger partial charge in [0.15, 0.2) is 0 Å². The SMILES string of the molecule is C=CCOc1ccc(C(=O)N2CCCC(NC)C2)cc1. The molecular formula is C16H22N2O2. The van der Waals surface area contributed by atoms with Gasteiger partial charge in [-0.25, -0.2) is 0 Å². The Kier molecular flexibility index (Phi) is 5.18. The maximum absolute atomic E-state index is 12.4. The van der Waals surface area contributed by atoms with E-state index in [1.54, 1.807) is 6.08 Å². The number of likely N-dealkylation sites (N-methyl/N-ethyl adjacent to an activating group) is 1. The molecule has 0 aromatic heterocycles. The Morgan fingerprint density at radius 2 is 2.25 bits per heavy atom. The van der Waals surface area contributed by atoms with Crippen LogP contribution in [0.15, 0.2) is 36.9 Å². The summed E-state index contributed by atoms with van der Waals surface area (Å²) in [5, 5.41) is 3.25. The van der Waals surface area contributed by atoms with Crippen molar-refractivity contribution in [1.82, 2.24) is 10.2 Å². The maximum atomic E-state index is 12.4. The molecule has 2 rings (SSSR count). The molecule has 1 unspecified atom stereocenters. The van der Waals surface area contributed by atoms with Gasteiger partial charge in [0.05, 0.1) is 0 Å². The van der Waals surface area contributed by atoms with Crippen LogP contribution in [0, 0.1) is 0 Å². The molecule has 1 saturated heterocycles. The zero-order valence-electron chi connectivity index (χ0n) is 12.0. The Morgan fingerprint density at radius 1 is 1.50 bits per heavy atom. The van der Waals surface area contributed by atoms with Crippen molar-refractivity contribution in [3.8, 4) is 5.75 Å². The van der Waals surface area contributed by atoms with E-state index >= 15 is 0 Å². The lowest BCUT2D eigenvalue weighted by Gasteiger charge is -2.32. The third-order valence-corrected chi connectivity index (χ3v) is 3.59. The normalized spacial score (nSPS) is 18.6. The average molecular weight is 274 g/mol. The molecule has 108 valence electrons. The highest BCUT2D eigenvalue weighted by Gasteiger charge is 2.23. The first kappa shape index (κ1) is 14.6. The number of carbonyl (C=O) groups excluding carboxylic acids is 1. The number of amides is 1. The Hall–Kier alpha value is -1.81. The minimum absolute atomic E-state index is 0.0974. The lowest BCUT2D eigenvalue weighted by Crippen LogP contribution is -2.46. The zero-order valence-corrected chi connectivity index (χ0v) is 12.0. The van der Waals surface area contributed by atoms with E-state index in [1.165, 1.54) is 0 Å². The number of benzene rings is 1. The highest BCUT2D eigenvalue weighted by Crippen LogP contribution is 2.17. The third kappa shape index (κ3) is 3.61. The molecule has 0 aliphatic carbocycles. The van der Waals surface area contributed by atoms with E-state index in [9.17, 15) is 4.79 Å². The Labute approximate surface area is 120 Å². The molecule has 1 aliphatic heterocycles. The van der Waals surface area contributed by atoms with Crippen molar-refractivity contribution in [3.05, 3.63) is 42.5 Å². The summed E-state index contributed by atoms with van der Waals surface area (Å²) in [6, 6.07) is 7.71. The van der Waals surface area contributed by atoms with Crippen LogP contribution in [0.1, 0.15) is 23.2 Å². The number of ether oxygens (including phenoxy) is 1. The minimum Gasteiger partial charge on any atom is -0.490 e. The van der Waals surface area contributed by atoms with E-state index in [-0.39, 0.29) is 5.91 Å². The minimum atomic E-state index is 0.0974. The van der Waals surface area contributed by atoms with E-state index in [4.69, 9.17) is 4.74 Å². The van der Waals surface area contributed by atoms with Crippen LogP contribution in [0.5, 0.6) is 5.75 Å². The van der Waals surface area contributed by atoms with Crippen molar-refractivity contribution >= 4 is 5.91 Å². The van der Waals surface area contributed by atoms with Crippen LogP contribution in [0.4, 0.5) is 0 Å². The fourth-order valence-electron chi connectivity index (χ4n) is 2.43. The largest absolute Gasteiger partial charge is 0.490 e. The summed E-state index contributed by atoms with van der Waals surface area (Å²) in [7, 11) is 1.95. The number of carbonyl (C=O) groups is 1. The summed E-state index contributed by atoms with van der Waals surface area (Å²) in [6.45, 7) is 5.70. The van der Waals surface area contributed by atoms with Crippen molar-refractivity contribution in [2.45, 2.75) is 18.9 Å². The fraction of sp³-hybridized carbons (Fsp3) is 0.438. The third-order valence-electron chi connectivity index (χ3n) is 3.59. The van der Waals surface area contributed by atoms with Gasteiger partial charge in [0.1, 0.15) is 12.4 Å². The van der Waals surface area contributed by atoms with Gasteiger partial charge in [-0.1, -0.05) is 12.7 Å². The van der Waals surface area contributed by atoms with Crippen LogP contribution < -0.4 is 10.1 Å². The van der Waals surface area contributed by atoms with Gasteiger partial charge in [-0.15, -0.1) is 0 Å². The van der Waals surface area contributed by atoms with Gasteiger partial charge in [0, 0.05) is 24.7 Å². The van der Waals surface area contributed by atoms with E-state index in [0.29, 0.717) is 18.2 Å². The predicted octanol–water partition coefficient (Wildman–Crippen LogP) is 2.08. The van der Waals surface area contributed by atoms with Crippen molar-refractivity contribution in [3.63, 3.8) is 0 Å². The van der Waals surface area contributed by atoms with Crippen molar-refractivity contribution in [1.29, 1.82) is 0 Å². The average Bonchev–Trinajstić information content (AvgIpc) is 2.52. The molecule has 1 heterocycles. The summed E-state index contributed by atoms with van der Waals surface area (Å²) in [5.74, 6) is 0.855. The second kappa shape index (κ2) is 7.10. The summed E-state index contributed by atoms with van der Waals surface area (Å²) in [4.78, 5) is 14.3. The number of hydrogen-bond donors (Lipinski definition) is 1. The molecule has 0 spiro atoms. The number of piperidine rings is 1. The highest BCUT2D eigenvalue weighted by molar-refractivity contribution is 5.94. The van der Waals surface area contributed by atoms with Crippen molar-refractivity contribution in [2.75, 3.05) is 26.7 Å². The fourth-order valence-corrected chi connectivity index (χ4v) is 2.43. The molecule has 1 aliphatic rings.